The molecule has 0 bridgehead atoms. The van der Waals surface area contributed by atoms with E-state index in [0.717, 1.165) is 10.5 Å². The fourth-order valence-electron chi connectivity index (χ4n) is 2.61. The second-order valence-electron chi connectivity index (χ2n) is 6.45. The van der Waals surface area contributed by atoms with Crippen molar-refractivity contribution in [3.05, 3.63) is 50.4 Å². The Kier molecular flexibility index (Phi) is 9.09. The molecule has 10 heteroatoms. The number of amides is 1. The maximum atomic E-state index is 12.7. The Morgan fingerprint density at radius 2 is 1.80 bits per heavy atom. The second kappa shape index (κ2) is 11.1. The average Bonchev–Trinajstić information content (AvgIpc) is 2.65. The van der Waals surface area contributed by atoms with E-state index in [1.54, 1.807) is 13.6 Å². The summed E-state index contributed by atoms with van der Waals surface area (Å²) in [5.74, 6) is -0.489. The van der Waals surface area contributed by atoms with Crippen LogP contribution in [0, 0.1) is 0 Å². The second-order valence-corrected chi connectivity index (χ2v) is 9.79. The van der Waals surface area contributed by atoms with Crippen LogP contribution in [0.3, 0.4) is 0 Å². The van der Waals surface area contributed by atoms with Crippen LogP contribution in [0.4, 0.5) is 0 Å². The number of phenols is 1. The number of carbonyl (C=O) groups is 2. The third-order valence-corrected chi connectivity index (χ3v) is 5.91. The van der Waals surface area contributed by atoms with Gasteiger partial charge in [0.1, 0.15) is 18.0 Å². The van der Waals surface area contributed by atoms with E-state index in [-0.39, 0.29) is 24.5 Å². The van der Waals surface area contributed by atoms with E-state index < -0.39 is 20.0 Å². The molecule has 0 aliphatic rings. The molecule has 1 unspecified atom stereocenters. The molecule has 0 aromatic heterocycles. The summed E-state index contributed by atoms with van der Waals surface area (Å²) < 4.78 is 12.1. The number of esters is 1. The Balaban J connectivity index is 2.25. The summed E-state index contributed by atoms with van der Waals surface area (Å²) in [5.41, 5.74) is 0.944. The molecule has 2 N–H and O–H groups in total. The first-order chi connectivity index (χ1) is 14.1. The van der Waals surface area contributed by atoms with Crippen molar-refractivity contribution in [1.82, 2.24) is 4.90 Å². The number of carbonyl (C=O) groups excluding carboxylic acids is 2. The number of ether oxygens (including phenoxy) is 2. The molecule has 1 amide bonds. The van der Waals surface area contributed by atoms with E-state index in [4.69, 9.17) is 9.47 Å². The molecule has 162 valence electrons. The molecule has 0 fully saturated rings. The molecular weight excluding hydrogens is 541 g/mol. The van der Waals surface area contributed by atoms with E-state index in [9.17, 15) is 19.6 Å². The SMILES string of the molecule is CCOC(=O)CN(C)C(=O)c1cc(Oc2c(Br)cc(CP(C)O)cc2Br)ccc1O. The number of aromatic hydroxyl groups is 1. The Labute approximate surface area is 193 Å². The molecular formula is C20H22Br2NO6P. The van der Waals surface area contributed by atoms with E-state index in [1.165, 1.54) is 25.2 Å². The Hall–Kier alpha value is -1.67. The number of rotatable bonds is 8. The number of likely N-dealkylation sites (N-methyl/N-ethyl adjacent to an activating group) is 1. The Morgan fingerprint density at radius 3 is 2.37 bits per heavy atom. The Morgan fingerprint density at radius 1 is 1.17 bits per heavy atom. The first-order valence-electron chi connectivity index (χ1n) is 8.92. The number of benzene rings is 2. The van der Waals surface area contributed by atoms with Crippen molar-refractivity contribution in [2.45, 2.75) is 13.1 Å². The maximum Gasteiger partial charge on any atom is 0.325 e. The Bertz CT molecular complexity index is 915. The highest BCUT2D eigenvalue weighted by Gasteiger charge is 2.20. The summed E-state index contributed by atoms with van der Waals surface area (Å²) in [5, 5.41) is 10.1. The van der Waals surface area contributed by atoms with Gasteiger partial charge in [-0.25, -0.2) is 0 Å². The number of nitrogens with zero attached hydrogens (tertiary/aromatic N) is 1. The summed E-state index contributed by atoms with van der Waals surface area (Å²) in [6.45, 7) is 3.44. The van der Waals surface area contributed by atoms with Crippen molar-refractivity contribution >= 4 is 51.9 Å². The number of hydrogen-bond acceptors (Lipinski definition) is 6. The van der Waals surface area contributed by atoms with Gasteiger partial charge in [0.15, 0.2) is 5.75 Å². The quantitative estimate of drug-likeness (QED) is 0.352. The molecule has 1 atom stereocenters. The molecule has 2 rings (SSSR count). The first-order valence-corrected chi connectivity index (χ1v) is 12.4. The maximum absolute atomic E-state index is 12.7. The van der Waals surface area contributed by atoms with Crippen molar-refractivity contribution in [2.24, 2.45) is 0 Å². The van der Waals surface area contributed by atoms with E-state index >= 15 is 0 Å². The normalized spacial score (nSPS) is 11.7. The van der Waals surface area contributed by atoms with Crippen LogP contribution in [-0.4, -0.2) is 53.6 Å². The molecule has 0 spiro atoms. The minimum atomic E-state index is -1.08. The highest BCUT2D eigenvalue weighted by Crippen LogP contribution is 2.41. The fraction of sp³-hybridized carbons (Fsp3) is 0.300. The monoisotopic (exact) mass is 561 g/mol. The molecule has 0 saturated heterocycles. The van der Waals surface area contributed by atoms with Crippen molar-refractivity contribution in [1.29, 1.82) is 0 Å². The summed E-state index contributed by atoms with van der Waals surface area (Å²) in [6.07, 6.45) is 0.553. The lowest BCUT2D eigenvalue weighted by atomic mass is 10.1. The van der Waals surface area contributed by atoms with Crippen LogP contribution in [0.2, 0.25) is 0 Å². The van der Waals surface area contributed by atoms with Crippen molar-refractivity contribution in [3.8, 4) is 17.2 Å². The van der Waals surface area contributed by atoms with Gasteiger partial charge < -0.3 is 24.4 Å². The topological polar surface area (TPSA) is 96.3 Å². The molecule has 0 saturated carbocycles. The van der Waals surface area contributed by atoms with Crippen LogP contribution >= 0.6 is 40.0 Å². The number of hydrogen-bond donors (Lipinski definition) is 2. The highest BCUT2D eigenvalue weighted by molar-refractivity contribution is 9.11. The first kappa shape index (κ1) is 24.6. The van der Waals surface area contributed by atoms with Gasteiger partial charge in [-0.1, -0.05) is 0 Å². The average molecular weight is 563 g/mol. The molecule has 0 aliphatic heterocycles. The van der Waals surface area contributed by atoms with Crippen LogP contribution in [0.15, 0.2) is 39.3 Å². The summed E-state index contributed by atoms with van der Waals surface area (Å²) >= 11 is 6.93. The van der Waals surface area contributed by atoms with Gasteiger partial charge in [-0.3, -0.25) is 9.59 Å². The van der Waals surface area contributed by atoms with Crippen LogP contribution < -0.4 is 4.74 Å². The molecule has 30 heavy (non-hydrogen) atoms. The third kappa shape index (κ3) is 6.67. The fourth-order valence-corrected chi connectivity index (χ4v) is 4.77. The van der Waals surface area contributed by atoms with Crippen molar-refractivity contribution in [2.75, 3.05) is 26.9 Å². The standard InChI is InChI=1S/C20H22Br2NO6P/c1-4-28-18(25)10-23(2)20(26)14-9-13(5-6-17(14)24)29-19-15(21)7-12(8-16(19)22)11-30(3)27/h5-9,24,27H,4,10-11H2,1-3H3. The van der Waals surface area contributed by atoms with Crippen LogP contribution in [0.5, 0.6) is 17.2 Å². The zero-order valence-electron chi connectivity index (χ0n) is 16.7. The van der Waals surface area contributed by atoms with Gasteiger partial charge in [-0.2, -0.15) is 0 Å². The minimum Gasteiger partial charge on any atom is -0.507 e. The largest absolute Gasteiger partial charge is 0.507 e. The van der Waals surface area contributed by atoms with Crippen LogP contribution in [0.25, 0.3) is 0 Å². The number of halogens is 2. The van der Waals surface area contributed by atoms with E-state index in [0.29, 0.717) is 26.6 Å². The summed E-state index contributed by atoms with van der Waals surface area (Å²) in [6, 6.07) is 8.00. The number of phenolic OH excluding ortho intramolecular Hbond substituents is 1. The zero-order valence-corrected chi connectivity index (χ0v) is 20.8. The minimum absolute atomic E-state index is 0.0000637. The molecule has 7 nitrogen and oxygen atoms in total. The summed E-state index contributed by atoms with van der Waals surface area (Å²) in [7, 11) is 0.371. The van der Waals surface area contributed by atoms with Gasteiger partial charge in [-0.05, 0) is 81.3 Å². The van der Waals surface area contributed by atoms with Gasteiger partial charge in [0.25, 0.3) is 5.91 Å². The van der Waals surface area contributed by atoms with Gasteiger partial charge in [0.05, 0.1) is 21.1 Å². The lowest BCUT2D eigenvalue weighted by Gasteiger charge is -2.18. The molecule has 0 aliphatic carbocycles. The van der Waals surface area contributed by atoms with Gasteiger partial charge in [0, 0.05) is 21.4 Å². The third-order valence-electron chi connectivity index (χ3n) is 3.91. The van der Waals surface area contributed by atoms with Crippen molar-refractivity contribution < 1.29 is 29.1 Å². The smallest absolute Gasteiger partial charge is 0.325 e. The predicted octanol–water partition coefficient (Wildman–Crippen LogP) is 4.86. The van der Waals surface area contributed by atoms with Gasteiger partial charge in [-0.15, -0.1) is 0 Å². The van der Waals surface area contributed by atoms with Crippen LogP contribution in [-0.2, 0) is 15.7 Å². The van der Waals surface area contributed by atoms with Gasteiger partial charge in [0.2, 0.25) is 0 Å². The van der Waals surface area contributed by atoms with E-state index in [2.05, 4.69) is 31.9 Å². The van der Waals surface area contributed by atoms with Gasteiger partial charge >= 0.3 is 5.97 Å². The predicted molar refractivity (Wildman–Crippen MR) is 122 cm³/mol. The lowest BCUT2D eigenvalue weighted by Crippen LogP contribution is -2.33. The molecule has 2 aromatic carbocycles. The van der Waals surface area contributed by atoms with E-state index in [1.807, 2.05) is 12.1 Å². The van der Waals surface area contributed by atoms with Crippen LogP contribution in [0.1, 0.15) is 22.8 Å². The molecule has 0 radical (unpaired) electrons. The lowest BCUT2D eigenvalue weighted by molar-refractivity contribution is -0.143. The van der Waals surface area contributed by atoms with Crippen molar-refractivity contribution in [3.63, 3.8) is 0 Å². The molecule has 0 heterocycles. The highest BCUT2D eigenvalue weighted by atomic mass is 79.9. The summed E-state index contributed by atoms with van der Waals surface area (Å²) in [4.78, 5) is 35.1. The molecule has 2 aromatic rings. The zero-order chi connectivity index (χ0) is 22.4.